The smallest absolute Gasteiger partial charge is 0.309 e. The zero-order valence-electron chi connectivity index (χ0n) is 17.0. The van der Waals surface area contributed by atoms with Gasteiger partial charge in [-0.1, -0.05) is 88.6 Å². The summed E-state index contributed by atoms with van der Waals surface area (Å²) >= 11 is 0. The minimum atomic E-state index is -0.184. The third-order valence-corrected chi connectivity index (χ3v) is 5.75. The van der Waals surface area contributed by atoms with Crippen LogP contribution in [-0.2, 0) is 16.0 Å². The van der Waals surface area contributed by atoms with E-state index in [-0.39, 0.29) is 17.5 Å². The maximum Gasteiger partial charge on any atom is 0.309 e. The standard InChI is InChI=1S/C24H38O2/c1-21-20-24(2,26-23(21)25)19-15-10-8-6-4-3-5-7-9-12-16-22-17-13-11-14-18-22/h11,13-14,17-18,21H,3-10,12,15-16,19-20H2,1-2H3/t21-,24-/m0/s1. The van der Waals surface area contributed by atoms with E-state index < -0.39 is 0 Å². The summed E-state index contributed by atoms with van der Waals surface area (Å²) in [5, 5.41) is 0. The SMILES string of the molecule is C[C@H]1C[C@](C)(CCCCCCCCCCCCc2ccccc2)OC1=O. The van der Waals surface area contributed by atoms with Crippen LogP contribution in [0.3, 0.4) is 0 Å². The van der Waals surface area contributed by atoms with E-state index in [2.05, 4.69) is 37.3 Å². The molecule has 0 bridgehead atoms. The van der Waals surface area contributed by atoms with E-state index in [4.69, 9.17) is 4.74 Å². The number of esters is 1. The van der Waals surface area contributed by atoms with E-state index in [9.17, 15) is 4.79 Å². The summed E-state index contributed by atoms with van der Waals surface area (Å²) in [6, 6.07) is 10.8. The summed E-state index contributed by atoms with van der Waals surface area (Å²) < 4.78 is 5.54. The molecule has 26 heavy (non-hydrogen) atoms. The van der Waals surface area contributed by atoms with Crippen molar-refractivity contribution in [3.63, 3.8) is 0 Å². The van der Waals surface area contributed by atoms with E-state index in [1.807, 2.05) is 6.92 Å². The number of carbonyl (C=O) groups excluding carboxylic acids is 1. The first-order valence-corrected chi connectivity index (χ1v) is 10.9. The third kappa shape index (κ3) is 7.93. The fraction of sp³-hybridized carbons (Fsp3) is 0.708. The highest BCUT2D eigenvalue weighted by Gasteiger charge is 2.40. The van der Waals surface area contributed by atoms with Crippen molar-refractivity contribution >= 4 is 5.97 Å². The Bertz CT molecular complexity index is 510. The summed E-state index contributed by atoms with van der Waals surface area (Å²) in [5.74, 6) is 0.0870. The number of hydrogen-bond donors (Lipinski definition) is 0. The molecule has 1 aromatic carbocycles. The number of carbonyl (C=O) groups is 1. The van der Waals surface area contributed by atoms with Gasteiger partial charge < -0.3 is 4.74 Å². The maximum absolute atomic E-state index is 11.5. The van der Waals surface area contributed by atoms with Crippen molar-refractivity contribution in [1.29, 1.82) is 0 Å². The van der Waals surface area contributed by atoms with E-state index in [0.717, 1.165) is 12.8 Å². The number of rotatable bonds is 13. The van der Waals surface area contributed by atoms with Gasteiger partial charge in [-0.25, -0.2) is 0 Å². The van der Waals surface area contributed by atoms with Crippen LogP contribution in [0.15, 0.2) is 30.3 Å². The molecule has 0 radical (unpaired) electrons. The first-order chi connectivity index (χ1) is 12.6. The molecule has 1 fully saturated rings. The molecule has 1 aliphatic heterocycles. The molecule has 1 aromatic rings. The van der Waals surface area contributed by atoms with Crippen molar-refractivity contribution in [1.82, 2.24) is 0 Å². The third-order valence-electron chi connectivity index (χ3n) is 5.75. The van der Waals surface area contributed by atoms with Gasteiger partial charge in [0.25, 0.3) is 0 Å². The lowest BCUT2D eigenvalue weighted by molar-refractivity contribution is -0.149. The maximum atomic E-state index is 11.5. The van der Waals surface area contributed by atoms with Crippen molar-refractivity contribution in [2.75, 3.05) is 0 Å². The molecule has 0 saturated carbocycles. The Morgan fingerprint density at radius 1 is 0.885 bits per heavy atom. The van der Waals surface area contributed by atoms with Crippen molar-refractivity contribution in [2.24, 2.45) is 5.92 Å². The second-order valence-electron chi connectivity index (χ2n) is 8.50. The number of ether oxygens (including phenoxy) is 1. The van der Waals surface area contributed by atoms with Gasteiger partial charge in [-0.15, -0.1) is 0 Å². The van der Waals surface area contributed by atoms with Gasteiger partial charge in [0, 0.05) is 0 Å². The molecule has 0 N–H and O–H groups in total. The van der Waals surface area contributed by atoms with Crippen LogP contribution in [0, 0.1) is 5.92 Å². The molecule has 1 heterocycles. The van der Waals surface area contributed by atoms with Crippen molar-refractivity contribution in [2.45, 2.75) is 103 Å². The van der Waals surface area contributed by atoms with Crippen LogP contribution in [0.2, 0.25) is 0 Å². The molecule has 2 heteroatoms. The fourth-order valence-electron chi connectivity index (χ4n) is 4.16. The lowest BCUT2D eigenvalue weighted by Gasteiger charge is -2.22. The normalized spacial score (nSPS) is 22.5. The van der Waals surface area contributed by atoms with E-state index in [1.54, 1.807) is 0 Å². The minimum Gasteiger partial charge on any atom is -0.459 e. The molecule has 1 aliphatic rings. The number of benzene rings is 1. The second kappa shape index (κ2) is 11.4. The summed E-state index contributed by atoms with van der Waals surface area (Å²) in [6.45, 7) is 4.08. The van der Waals surface area contributed by atoms with Gasteiger partial charge in [-0.05, 0) is 44.6 Å². The van der Waals surface area contributed by atoms with E-state index in [0.29, 0.717) is 0 Å². The van der Waals surface area contributed by atoms with Gasteiger partial charge in [0.1, 0.15) is 5.60 Å². The minimum absolute atomic E-state index is 0.00346. The highest BCUT2D eigenvalue weighted by Crippen LogP contribution is 2.34. The molecule has 0 aromatic heterocycles. The lowest BCUT2D eigenvalue weighted by Crippen LogP contribution is -2.23. The van der Waals surface area contributed by atoms with Gasteiger partial charge in [-0.2, -0.15) is 0 Å². The van der Waals surface area contributed by atoms with Gasteiger partial charge in [0.05, 0.1) is 5.92 Å². The van der Waals surface area contributed by atoms with Crippen LogP contribution in [0.25, 0.3) is 0 Å². The van der Waals surface area contributed by atoms with Gasteiger partial charge in [-0.3, -0.25) is 4.79 Å². The summed E-state index contributed by atoms with van der Waals surface area (Å²) in [6.07, 6.45) is 16.5. The van der Waals surface area contributed by atoms with Gasteiger partial charge >= 0.3 is 5.97 Å². The lowest BCUT2D eigenvalue weighted by atomic mass is 9.91. The Balaban J connectivity index is 1.35. The number of unbranched alkanes of at least 4 members (excludes halogenated alkanes) is 9. The summed E-state index contributed by atoms with van der Waals surface area (Å²) in [5.41, 5.74) is 1.29. The molecular formula is C24H38O2. The largest absolute Gasteiger partial charge is 0.459 e. The van der Waals surface area contributed by atoms with Crippen molar-refractivity contribution in [3.8, 4) is 0 Å². The topological polar surface area (TPSA) is 26.3 Å². The predicted octanol–water partition coefficient (Wildman–Crippen LogP) is 6.86. The molecule has 2 nitrogen and oxygen atoms in total. The van der Waals surface area contributed by atoms with Crippen LogP contribution in [0.1, 0.15) is 96.5 Å². The molecule has 0 aliphatic carbocycles. The molecule has 2 atom stereocenters. The highest BCUT2D eigenvalue weighted by atomic mass is 16.6. The number of hydrogen-bond acceptors (Lipinski definition) is 2. The fourth-order valence-corrected chi connectivity index (χ4v) is 4.16. The quantitative estimate of drug-likeness (QED) is 0.284. The number of aryl methyl sites for hydroxylation is 1. The molecule has 2 rings (SSSR count). The van der Waals surface area contributed by atoms with Crippen molar-refractivity contribution in [3.05, 3.63) is 35.9 Å². The Morgan fingerprint density at radius 2 is 1.42 bits per heavy atom. The molecular weight excluding hydrogens is 320 g/mol. The van der Waals surface area contributed by atoms with Gasteiger partial charge in [0.2, 0.25) is 0 Å². The highest BCUT2D eigenvalue weighted by molar-refractivity contribution is 5.74. The van der Waals surface area contributed by atoms with Crippen LogP contribution >= 0.6 is 0 Å². The first-order valence-electron chi connectivity index (χ1n) is 10.9. The van der Waals surface area contributed by atoms with Crippen LogP contribution < -0.4 is 0 Å². The molecule has 0 unspecified atom stereocenters. The summed E-state index contributed by atoms with van der Waals surface area (Å²) in [4.78, 5) is 11.5. The zero-order chi connectivity index (χ0) is 18.7. The Kier molecular flexibility index (Phi) is 9.22. The van der Waals surface area contributed by atoms with Crippen LogP contribution in [-0.4, -0.2) is 11.6 Å². The Labute approximate surface area is 160 Å². The molecule has 146 valence electrons. The number of cyclic esters (lactones) is 1. The Morgan fingerprint density at radius 3 is 1.96 bits per heavy atom. The first kappa shape index (κ1) is 21.0. The van der Waals surface area contributed by atoms with Crippen LogP contribution in [0.5, 0.6) is 0 Å². The second-order valence-corrected chi connectivity index (χ2v) is 8.50. The molecule has 0 amide bonds. The summed E-state index contributed by atoms with van der Waals surface area (Å²) in [7, 11) is 0. The van der Waals surface area contributed by atoms with Crippen molar-refractivity contribution < 1.29 is 9.53 Å². The average molecular weight is 359 g/mol. The van der Waals surface area contributed by atoms with Crippen LogP contribution in [0.4, 0.5) is 0 Å². The zero-order valence-corrected chi connectivity index (χ0v) is 17.0. The Hall–Kier alpha value is -1.31. The average Bonchev–Trinajstić information content (AvgIpc) is 2.89. The molecule has 1 saturated heterocycles. The van der Waals surface area contributed by atoms with E-state index >= 15 is 0 Å². The molecule has 0 spiro atoms. The van der Waals surface area contributed by atoms with Gasteiger partial charge in [0.15, 0.2) is 0 Å². The van der Waals surface area contributed by atoms with E-state index in [1.165, 1.54) is 76.2 Å². The predicted molar refractivity (Wildman–Crippen MR) is 109 cm³/mol. The monoisotopic (exact) mass is 358 g/mol.